The molecular formula is C22H26N4O3S. The largest absolute Gasteiger partial charge is 0.373 e. The van der Waals surface area contributed by atoms with Crippen molar-refractivity contribution < 1.29 is 13.2 Å². The predicted molar refractivity (Wildman–Crippen MR) is 117 cm³/mol. The van der Waals surface area contributed by atoms with Crippen LogP contribution in [0.3, 0.4) is 0 Å². The van der Waals surface area contributed by atoms with Crippen molar-refractivity contribution in [3.63, 3.8) is 0 Å². The second-order valence-electron chi connectivity index (χ2n) is 7.70. The van der Waals surface area contributed by atoms with Gasteiger partial charge in [-0.25, -0.2) is 0 Å². The molecule has 2 aliphatic rings. The van der Waals surface area contributed by atoms with Crippen molar-refractivity contribution in [2.24, 2.45) is 10.3 Å². The van der Waals surface area contributed by atoms with Crippen molar-refractivity contribution in [3.8, 4) is 0 Å². The molecule has 0 saturated carbocycles. The molecule has 4 rings (SSSR count). The molecule has 158 valence electrons. The van der Waals surface area contributed by atoms with Crippen molar-refractivity contribution in [2.45, 2.75) is 17.7 Å². The van der Waals surface area contributed by atoms with Gasteiger partial charge < -0.3 is 15.1 Å². The van der Waals surface area contributed by atoms with Gasteiger partial charge in [-0.3, -0.25) is 4.79 Å². The van der Waals surface area contributed by atoms with Crippen molar-refractivity contribution in [2.75, 3.05) is 38.1 Å². The number of likely N-dealkylation sites (N-methyl/N-ethyl adjacent to an activating group) is 1. The first-order valence-electron chi connectivity index (χ1n) is 10.2. The maximum Gasteiger partial charge on any atom is 0.285 e. The quantitative estimate of drug-likeness (QED) is 0.792. The van der Waals surface area contributed by atoms with E-state index in [0.717, 1.165) is 12.2 Å². The summed E-state index contributed by atoms with van der Waals surface area (Å²) in [5.41, 5.74) is 1.77. The molecule has 0 unspecified atom stereocenters. The second kappa shape index (κ2) is 8.47. The van der Waals surface area contributed by atoms with E-state index in [9.17, 15) is 13.2 Å². The summed E-state index contributed by atoms with van der Waals surface area (Å²) in [4.78, 5) is 16.9. The monoisotopic (exact) mass is 426 g/mol. The molecular weight excluding hydrogens is 400 g/mol. The topological polar surface area (TPSA) is 82.1 Å². The van der Waals surface area contributed by atoms with E-state index in [1.165, 1.54) is 0 Å². The lowest BCUT2D eigenvalue weighted by Gasteiger charge is -2.32. The van der Waals surface area contributed by atoms with Crippen LogP contribution >= 0.6 is 0 Å². The van der Waals surface area contributed by atoms with E-state index in [1.807, 2.05) is 48.3 Å². The summed E-state index contributed by atoms with van der Waals surface area (Å²) in [6.07, 6.45) is 1.36. The smallest absolute Gasteiger partial charge is 0.285 e. The fraction of sp³-hybridized carbons (Fsp3) is 0.364. The molecule has 2 aromatic rings. The lowest BCUT2D eigenvalue weighted by molar-refractivity contribution is -0.126. The minimum atomic E-state index is -3.61. The number of amides is 1. The van der Waals surface area contributed by atoms with E-state index in [1.54, 1.807) is 18.2 Å². The first-order chi connectivity index (χ1) is 14.5. The van der Waals surface area contributed by atoms with Crippen LogP contribution in [0.2, 0.25) is 0 Å². The van der Waals surface area contributed by atoms with Gasteiger partial charge in [0.2, 0.25) is 5.91 Å². The summed E-state index contributed by atoms with van der Waals surface area (Å²) in [6, 6.07) is 17.0. The van der Waals surface area contributed by atoms with Gasteiger partial charge in [0.25, 0.3) is 10.0 Å². The van der Waals surface area contributed by atoms with Crippen molar-refractivity contribution in [3.05, 3.63) is 60.2 Å². The molecule has 1 fully saturated rings. The Labute approximate surface area is 177 Å². The number of hydrogen-bond acceptors (Lipinski definition) is 5. The first kappa shape index (κ1) is 20.4. The molecule has 0 atom stereocenters. The van der Waals surface area contributed by atoms with Gasteiger partial charge in [0.05, 0.1) is 0 Å². The number of sulfonamides is 1. The molecule has 0 radical (unpaired) electrons. The van der Waals surface area contributed by atoms with E-state index in [-0.39, 0.29) is 16.7 Å². The van der Waals surface area contributed by atoms with Crippen LogP contribution in [0.25, 0.3) is 0 Å². The lowest BCUT2D eigenvalue weighted by atomic mass is 9.95. The molecule has 0 bridgehead atoms. The van der Waals surface area contributed by atoms with Gasteiger partial charge >= 0.3 is 0 Å². The molecule has 1 saturated heterocycles. The van der Waals surface area contributed by atoms with Crippen LogP contribution in [0, 0.1) is 5.92 Å². The molecule has 0 aromatic heterocycles. The number of carbonyl (C=O) groups is 1. The number of nitrogens with zero attached hydrogens (tertiary/aromatic N) is 3. The van der Waals surface area contributed by atoms with E-state index in [0.29, 0.717) is 43.9 Å². The SMILES string of the molecule is CN(CCNC(=O)C1CCN(C2=NS(=O)(=O)c3ccccc32)CC1)c1ccccc1. The average Bonchev–Trinajstić information content (AvgIpc) is 3.05. The fourth-order valence-electron chi connectivity index (χ4n) is 3.97. The van der Waals surface area contributed by atoms with E-state index in [2.05, 4.69) is 14.6 Å². The first-order valence-corrected chi connectivity index (χ1v) is 11.6. The summed E-state index contributed by atoms with van der Waals surface area (Å²) < 4.78 is 28.5. The van der Waals surface area contributed by atoms with Crippen LogP contribution in [0.5, 0.6) is 0 Å². The maximum absolute atomic E-state index is 12.6. The fourth-order valence-corrected chi connectivity index (χ4v) is 5.20. The van der Waals surface area contributed by atoms with E-state index >= 15 is 0 Å². The summed E-state index contributed by atoms with van der Waals surface area (Å²) >= 11 is 0. The molecule has 1 amide bonds. The summed E-state index contributed by atoms with van der Waals surface area (Å²) in [5, 5.41) is 3.04. The minimum absolute atomic E-state index is 0.0582. The molecule has 0 aliphatic carbocycles. The van der Waals surface area contributed by atoms with E-state index in [4.69, 9.17) is 0 Å². The number of hydrogen-bond donors (Lipinski definition) is 1. The summed E-state index contributed by atoms with van der Waals surface area (Å²) in [7, 11) is -1.61. The number of benzene rings is 2. The molecule has 30 heavy (non-hydrogen) atoms. The Kier molecular flexibility index (Phi) is 5.76. The Morgan fingerprint density at radius 1 is 1.10 bits per heavy atom. The van der Waals surface area contributed by atoms with Crippen LogP contribution in [-0.2, 0) is 14.8 Å². The number of anilines is 1. The highest BCUT2D eigenvalue weighted by molar-refractivity contribution is 7.90. The highest BCUT2D eigenvalue weighted by Crippen LogP contribution is 2.29. The highest BCUT2D eigenvalue weighted by atomic mass is 32.2. The number of piperidine rings is 1. The van der Waals surface area contributed by atoms with Gasteiger partial charge in [0, 0.05) is 50.4 Å². The van der Waals surface area contributed by atoms with Crippen LogP contribution in [0.1, 0.15) is 18.4 Å². The van der Waals surface area contributed by atoms with Gasteiger partial charge in [-0.05, 0) is 37.1 Å². The lowest BCUT2D eigenvalue weighted by Crippen LogP contribution is -2.44. The van der Waals surface area contributed by atoms with Gasteiger partial charge in [0.1, 0.15) is 4.90 Å². The third-order valence-electron chi connectivity index (χ3n) is 5.72. The molecule has 2 heterocycles. The Bertz CT molecular complexity index is 1050. The second-order valence-corrected chi connectivity index (χ2v) is 9.27. The molecule has 8 heteroatoms. The third-order valence-corrected chi connectivity index (χ3v) is 7.05. The Morgan fingerprint density at radius 2 is 1.77 bits per heavy atom. The van der Waals surface area contributed by atoms with Gasteiger partial charge in [0.15, 0.2) is 5.84 Å². The summed E-state index contributed by atoms with van der Waals surface area (Å²) in [6.45, 7) is 2.55. The van der Waals surface area contributed by atoms with Crippen molar-refractivity contribution in [1.82, 2.24) is 10.2 Å². The van der Waals surface area contributed by atoms with E-state index < -0.39 is 10.0 Å². The number of amidine groups is 1. The average molecular weight is 427 g/mol. The zero-order chi connectivity index (χ0) is 21.1. The Morgan fingerprint density at radius 3 is 2.50 bits per heavy atom. The van der Waals surface area contributed by atoms with Gasteiger partial charge in [-0.1, -0.05) is 30.3 Å². The van der Waals surface area contributed by atoms with Gasteiger partial charge in [-0.15, -0.1) is 4.40 Å². The minimum Gasteiger partial charge on any atom is -0.373 e. The van der Waals surface area contributed by atoms with Gasteiger partial charge in [-0.2, -0.15) is 8.42 Å². The Hall–Kier alpha value is -2.87. The molecule has 0 spiro atoms. The van der Waals surface area contributed by atoms with Crippen molar-refractivity contribution in [1.29, 1.82) is 0 Å². The Balaban J connectivity index is 1.28. The predicted octanol–water partition coefficient (Wildman–Crippen LogP) is 2.10. The molecule has 2 aliphatic heterocycles. The molecule has 7 nitrogen and oxygen atoms in total. The molecule has 1 N–H and O–H groups in total. The number of carbonyl (C=O) groups excluding carboxylic acids is 1. The van der Waals surface area contributed by atoms with Crippen LogP contribution in [0.4, 0.5) is 5.69 Å². The number of nitrogens with one attached hydrogen (secondary N) is 1. The van der Waals surface area contributed by atoms with Crippen molar-refractivity contribution >= 4 is 27.5 Å². The number of fused-ring (bicyclic) bond motifs is 1. The number of para-hydroxylation sites is 1. The molecule has 2 aromatic carbocycles. The number of rotatable bonds is 5. The summed E-state index contributed by atoms with van der Waals surface area (Å²) in [5.74, 6) is 0.517. The normalized spacial score (nSPS) is 17.9. The highest BCUT2D eigenvalue weighted by Gasteiger charge is 2.34. The zero-order valence-electron chi connectivity index (χ0n) is 17.0. The standard InChI is InChI=1S/C22H26N4O3S/c1-25(18-7-3-2-4-8-18)16-13-23-22(27)17-11-14-26(15-12-17)21-19-9-5-6-10-20(19)30(28,29)24-21/h2-10,17H,11-16H2,1H3,(H,23,27). The van der Waals surface area contributed by atoms with Crippen LogP contribution in [0.15, 0.2) is 63.9 Å². The zero-order valence-corrected chi connectivity index (χ0v) is 17.8. The maximum atomic E-state index is 12.6. The third kappa shape index (κ3) is 4.18. The number of likely N-dealkylation sites (tertiary alicyclic amines) is 1. The van der Waals surface area contributed by atoms with Crippen LogP contribution < -0.4 is 10.2 Å². The van der Waals surface area contributed by atoms with Crippen LogP contribution in [-0.4, -0.2) is 58.3 Å².